The van der Waals surface area contributed by atoms with Gasteiger partial charge in [-0.15, -0.1) is 0 Å². The van der Waals surface area contributed by atoms with E-state index >= 15 is 0 Å². The summed E-state index contributed by atoms with van der Waals surface area (Å²) in [5.41, 5.74) is 10.4. The van der Waals surface area contributed by atoms with Gasteiger partial charge in [0.2, 0.25) is 0 Å². The molecular formula is C17H16BrN3. The van der Waals surface area contributed by atoms with Crippen LogP contribution in [0.4, 0.5) is 0 Å². The summed E-state index contributed by atoms with van der Waals surface area (Å²) >= 11 is 3.49. The molecule has 1 atom stereocenters. The molecular weight excluding hydrogens is 326 g/mol. The molecule has 2 aromatic carbocycles. The Kier molecular flexibility index (Phi) is 3.90. The largest absolute Gasteiger partial charge is 0.324 e. The first-order valence-corrected chi connectivity index (χ1v) is 7.60. The highest BCUT2D eigenvalue weighted by Crippen LogP contribution is 2.26. The van der Waals surface area contributed by atoms with Crippen molar-refractivity contribution in [2.45, 2.75) is 13.0 Å². The molecule has 106 valence electrons. The van der Waals surface area contributed by atoms with Gasteiger partial charge in [-0.2, -0.15) is 5.10 Å². The number of halogens is 1. The number of hydrogen-bond donors (Lipinski definition) is 1. The number of hydrogen-bond acceptors (Lipinski definition) is 2. The molecule has 3 nitrogen and oxygen atoms in total. The van der Waals surface area contributed by atoms with Crippen LogP contribution >= 0.6 is 15.9 Å². The topological polar surface area (TPSA) is 43.8 Å². The Hall–Kier alpha value is -1.91. The highest BCUT2D eigenvalue weighted by Gasteiger charge is 2.11. The van der Waals surface area contributed by atoms with Gasteiger partial charge in [0, 0.05) is 22.3 Å². The Morgan fingerprint density at radius 1 is 1.10 bits per heavy atom. The molecule has 21 heavy (non-hydrogen) atoms. The second-order valence-corrected chi connectivity index (χ2v) is 5.95. The monoisotopic (exact) mass is 341 g/mol. The van der Waals surface area contributed by atoms with Gasteiger partial charge in [-0.3, -0.25) is 0 Å². The molecule has 1 unspecified atom stereocenters. The summed E-state index contributed by atoms with van der Waals surface area (Å²) in [6, 6.07) is 16.3. The SMILES string of the molecule is CC(N)c1cc(Br)ccc1-n1cc(-c2ccccc2)cn1. The summed E-state index contributed by atoms with van der Waals surface area (Å²) in [4.78, 5) is 0. The van der Waals surface area contributed by atoms with E-state index in [1.165, 1.54) is 0 Å². The van der Waals surface area contributed by atoms with Crippen molar-refractivity contribution in [3.63, 3.8) is 0 Å². The molecule has 1 heterocycles. The van der Waals surface area contributed by atoms with E-state index < -0.39 is 0 Å². The predicted octanol–water partition coefficient (Wildman–Crippen LogP) is 4.32. The summed E-state index contributed by atoms with van der Waals surface area (Å²) in [5.74, 6) is 0. The van der Waals surface area contributed by atoms with E-state index in [4.69, 9.17) is 5.73 Å². The van der Waals surface area contributed by atoms with Crippen molar-refractivity contribution in [2.24, 2.45) is 5.73 Å². The van der Waals surface area contributed by atoms with E-state index in [9.17, 15) is 0 Å². The van der Waals surface area contributed by atoms with Crippen LogP contribution in [0, 0.1) is 0 Å². The van der Waals surface area contributed by atoms with E-state index in [-0.39, 0.29) is 6.04 Å². The predicted molar refractivity (Wildman–Crippen MR) is 89.3 cm³/mol. The number of nitrogens with two attached hydrogens (primary N) is 1. The highest BCUT2D eigenvalue weighted by atomic mass is 79.9. The van der Waals surface area contributed by atoms with Gasteiger partial charge < -0.3 is 5.73 Å². The van der Waals surface area contributed by atoms with Crippen molar-refractivity contribution >= 4 is 15.9 Å². The molecule has 0 saturated carbocycles. The fraction of sp³-hybridized carbons (Fsp3) is 0.118. The van der Waals surface area contributed by atoms with Crippen LogP contribution in [0.3, 0.4) is 0 Å². The fourth-order valence-corrected chi connectivity index (χ4v) is 2.71. The van der Waals surface area contributed by atoms with Gasteiger partial charge in [-0.25, -0.2) is 4.68 Å². The average Bonchev–Trinajstić information content (AvgIpc) is 2.97. The molecule has 3 aromatic rings. The zero-order valence-electron chi connectivity index (χ0n) is 11.7. The van der Waals surface area contributed by atoms with Crippen molar-refractivity contribution < 1.29 is 0 Å². The molecule has 0 fully saturated rings. The molecule has 0 amide bonds. The zero-order valence-corrected chi connectivity index (χ0v) is 13.3. The zero-order chi connectivity index (χ0) is 14.8. The number of nitrogens with zero attached hydrogens (tertiary/aromatic N) is 2. The van der Waals surface area contributed by atoms with Crippen LogP contribution in [0.2, 0.25) is 0 Å². The van der Waals surface area contributed by atoms with Crippen LogP contribution < -0.4 is 5.73 Å². The van der Waals surface area contributed by atoms with E-state index in [2.05, 4.69) is 33.2 Å². The van der Waals surface area contributed by atoms with E-state index in [1.54, 1.807) is 0 Å². The third kappa shape index (κ3) is 2.91. The Bertz CT molecular complexity index is 748. The van der Waals surface area contributed by atoms with Crippen LogP contribution in [0.5, 0.6) is 0 Å². The second kappa shape index (κ2) is 5.84. The molecule has 1 aromatic heterocycles. The van der Waals surface area contributed by atoms with Crippen molar-refractivity contribution in [2.75, 3.05) is 0 Å². The van der Waals surface area contributed by atoms with E-state index in [0.29, 0.717) is 0 Å². The van der Waals surface area contributed by atoms with Gasteiger partial charge in [0.1, 0.15) is 0 Å². The first-order chi connectivity index (χ1) is 10.1. The molecule has 4 heteroatoms. The fourth-order valence-electron chi connectivity index (χ4n) is 2.33. The normalized spacial score (nSPS) is 12.3. The smallest absolute Gasteiger partial charge is 0.0694 e. The van der Waals surface area contributed by atoms with Gasteiger partial charge in [0.15, 0.2) is 0 Å². The molecule has 0 aliphatic carbocycles. The van der Waals surface area contributed by atoms with Crippen molar-refractivity contribution in [1.82, 2.24) is 9.78 Å². The van der Waals surface area contributed by atoms with Gasteiger partial charge >= 0.3 is 0 Å². The molecule has 3 rings (SSSR count). The summed E-state index contributed by atoms with van der Waals surface area (Å²) in [7, 11) is 0. The minimum Gasteiger partial charge on any atom is -0.324 e. The van der Waals surface area contributed by atoms with Crippen LogP contribution in [-0.4, -0.2) is 9.78 Å². The number of rotatable bonds is 3. The third-order valence-corrected chi connectivity index (χ3v) is 3.91. The lowest BCUT2D eigenvalue weighted by Gasteiger charge is -2.13. The van der Waals surface area contributed by atoms with Crippen LogP contribution in [-0.2, 0) is 0 Å². The Morgan fingerprint density at radius 3 is 2.57 bits per heavy atom. The summed E-state index contributed by atoms with van der Waals surface area (Å²) in [5, 5.41) is 4.48. The summed E-state index contributed by atoms with van der Waals surface area (Å²) < 4.78 is 2.90. The summed E-state index contributed by atoms with van der Waals surface area (Å²) in [6.07, 6.45) is 3.91. The third-order valence-electron chi connectivity index (χ3n) is 3.42. The molecule has 0 saturated heterocycles. The highest BCUT2D eigenvalue weighted by molar-refractivity contribution is 9.10. The maximum Gasteiger partial charge on any atom is 0.0694 e. The second-order valence-electron chi connectivity index (χ2n) is 5.03. The number of aromatic nitrogens is 2. The van der Waals surface area contributed by atoms with Crippen LogP contribution in [0.1, 0.15) is 18.5 Å². The lowest BCUT2D eigenvalue weighted by atomic mass is 10.1. The lowest BCUT2D eigenvalue weighted by molar-refractivity contribution is 0.780. The maximum atomic E-state index is 6.08. The minimum absolute atomic E-state index is 0.0538. The Labute approximate surface area is 132 Å². The van der Waals surface area contributed by atoms with Crippen molar-refractivity contribution in [3.8, 4) is 16.8 Å². The Balaban J connectivity index is 2.05. The van der Waals surface area contributed by atoms with E-state index in [0.717, 1.165) is 26.9 Å². The van der Waals surface area contributed by atoms with E-state index in [1.807, 2.05) is 60.4 Å². The van der Waals surface area contributed by atoms with Gasteiger partial charge in [0.05, 0.1) is 11.9 Å². The van der Waals surface area contributed by atoms with Crippen LogP contribution in [0.15, 0.2) is 65.4 Å². The first-order valence-electron chi connectivity index (χ1n) is 6.80. The Morgan fingerprint density at radius 2 is 1.86 bits per heavy atom. The number of benzene rings is 2. The van der Waals surface area contributed by atoms with Crippen molar-refractivity contribution in [1.29, 1.82) is 0 Å². The molecule has 0 spiro atoms. The maximum absolute atomic E-state index is 6.08. The molecule has 0 aliphatic rings. The summed E-state index contributed by atoms with van der Waals surface area (Å²) in [6.45, 7) is 1.98. The van der Waals surface area contributed by atoms with Gasteiger partial charge in [0.25, 0.3) is 0 Å². The lowest BCUT2D eigenvalue weighted by Crippen LogP contribution is -2.10. The van der Waals surface area contributed by atoms with Crippen LogP contribution in [0.25, 0.3) is 16.8 Å². The van der Waals surface area contributed by atoms with Crippen molar-refractivity contribution in [3.05, 3.63) is 71.0 Å². The quantitative estimate of drug-likeness (QED) is 0.770. The molecule has 0 aliphatic heterocycles. The first kappa shape index (κ1) is 14.0. The minimum atomic E-state index is -0.0538. The average molecular weight is 342 g/mol. The van der Waals surface area contributed by atoms with Gasteiger partial charge in [-0.05, 0) is 36.2 Å². The molecule has 0 bridgehead atoms. The standard InChI is InChI=1S/C17H16BrN3/c1-12(19)16-9-15(18)7-8-17(16)21-11-14(10-20-21)13-5-3-2-4-6-13/h2-12H,19H2,1H3. The van der Waals surface area contributed by atoms with Gasteiger partial charge in [-0.1, -0.05) is 46.3 Å². The molecule has 2 N–H and O–H groups in total. The molecule has 0 radical (unpaired) electrons.